The van der Waals surface area contributed by atoms with E-state index in [2.05, 4.69) is 34.1 Å². The Hall–Kier alpha value is -2.25. The van der Waals surface area contributed by atoms with Gasteiger partial charge in [0.2, 0.25) is 0 Å². The molecule has 2 aromatic heterocycles. The zero-order valence-corrected chi connectivity index (χ0v) is 21.2. The second-order valence-corrected chi connectivity index (χ2v) is 12.2. The molecule has 35 heavy (non-hydrogen) atoms. The molecule has 1 aliphatic heterocycles. The number of piperazine rings is 1. The van der Waals surface area contributed by atoms with Crippen molar-refractivity contribution in [1.29, 1.82) is 0 Å². The predicted molar refractivity (Wildman–Crippen MR) is 141 cm³/mol. The van der Waals surface area contributed by atoms with Gasteiger partial charge in [-0.15, -0.1) is 0 Å². The van der Waals surface area contributed by atoms with Gasteiger partial charge in [0.15, 0.2) is 11.8 Å². The lowest BCUT2D eigenvalue weighted by atomic mass is 9.78. The zero-order chi connectivity index (χ0) is 23.5. The fourth-order valence-corrected chi connectivity index (χ4v) is 8.49. The quantitative estimate of drug-likeness (QED) is 0.492. The first-order valence-electron chi connectivity index (χ1n) is 13.6. The van der Waals surface area contributed by atoms with Crippen LogP contribution in [0, 0.1) is 11.8 Å². The highest BCUT2D eigenvalue weighted by Gasteiger charge is 2.44. The van der Waals surface area contributed by atoms with Gasteiger partial charge in [-0.25, -0.2) is 0 Å². The number of aromatic nitrogens is 2. The minimum absolute atomic E-state index is 0.373. The van der Waals surface area contributed by atoms with Gasteiger partial charge in [0.25, 0.3) is 0 Å². The van der Waals surface area contributed by atoms with E-state index in [0.29, 0.717) is 35.4 Å². The van der Waals surface area contributed by atoms with E-state index in [1.165, 1.54) is 48.6 Å². The summed E-state index contributed by atoms with van der Waals surface area (Å²) in [4.78, 5) is 5.10. The summed E-state index contributed by atoms with van der Waals surface area (Å²) in [5, 5.41) is 23.4. The van der Waals surface area contributed by atoms with Crippen LogP contribution in [0.1, 0.15) is 67.9 Å². The second-order valence-electron chi connectivity index (χ2n) is 11.4. The van der Waals surface area contributed by atoms with Crippen molar-refractivity contribution in [3.8, 4) is 11.8 Å². The molecule has 2 bridgehead atoms. The zero-order valence-electron chi connectivity index (χ0n) is 20.4. The van der Waals surface area contributed by atoms with E-state index in [9.17, 15) is 10.2 Å². The summed E-state index contributed by atoms with van der Waals surface area (Å²) in [7, 11) is 0. The SMILES string of the molecule is Oc1c2c(c(O)n1C[C@@H]1CCCC[C@@H]1CN1CCN(c3nsc4ccccc34)CC1)[C@H]1CC[C@@H]2C1. The number of rotatable bonds is 5. The maximum atomic E-state index is 11.1. The standard InChI is InChI=1S/C28H36N4O2S/c33-27-24-18-9-10-19(15-18)25(24)28(34)32(27)17-21-6-2-1-5-20(21)16-30-11-13-31(14-12-30)26-22-7-3-4-8-23(22)35-29-26/h3-4,7-8,18-21,33-34H,1-2,5-6,9-17H2/t18-,19+,20-,21+/m1/s1. The number of anilines is 1. The van der Waals surface area contributed by atoms with Gasteiger partial charge < -0.3 is 15.1 Å². The number of hydrogen-bond donors (Lipinski definition) is 2. The van der Waals surface area contributed by atoms with E-state index in [1.54, 1.807) is 11.5 Å². The highest BCUT2D eigenvalue weighted by atomic mass is 32.1. The first kappa shape index (κ1) is 22.0. The molecule has 3 aromatic rings. The van der Waals surface area contributed by atoms with Gasteiger partial charge in [-0.1, -0.05) is 25.0 Å². The maximum absolute atomic E-state index is 11.1. The Morgan fingerprint density at radius 2 is 1.49 bits per heavy atom. The van der Waals surface area contributed by atoms with Gasteiger partial charge in [0.1, 0.15) is 5.82 Å². The molecule has 6 nitrogen and oxygen atoms in total. The van der Waals surface area contributed by atoms with Crippen molar-refractivity contribution < 1.29 is 10.2 Å². The molecule has 2 saturated carbocycles. The van der Waals surface area contributed by atoms with Gasteiger partial charge in [0.05, 0.1) is 4.70 Å². The van der Waals surface area contributed by atoms with E-state index in [1.807, 2.05) is 4.57 Å². The lowest BCUT2D eigenvalue weighted by Gasteiger charge is -2.40. The van der Waals surface area contributed by atoms with Crippen LogP contribution in [-0.4, -0.2) is 56.8 Å². The largest absolute Gasteiger partial charge is 0.494 e. The number of aromatic hydroxyl groups is 2. The fourth-order valence-electron chi connectivity index (χ4n) is 7.69. The molecule has 0 spiro atoms. The number of nitrogens with zero attached hydrogens (tertiary/aromatic N) is 4. The Kier molecular flexibility index (Phi) is 5.46. The number of benzene rings is 1. The summed E-state index contributed by atoms with van der Waals surface area (Å²) in [6.07, 6.45) is 8.49. The third-order valence-corrected chi connectivity index (χ3v) is 10.4. The first-order valence-corrected chi connectivity index (χ1v) is 14.4. The Morgan fingerprint density at radius 3 is 2.20 bits per heavy atom. The van der Waals surface area contributed by atoms with Crippen LogP contribution >= 0.6 is 11.5 Å². The van der Waals surface area contributed by atoms with E-state index in [0.717, 1.165) is 62.6 Å². The van der Waals surface area contributed by atoms with E-state index in [-0.39, 0.29) is 0 Å². The van der Waals surface area contributed by atoms with Crippen molar-refractivity contribution in [2.45, 2.75) is 63.3 Å². The third kappa shape index (κ3) is 3.65. The normalized spacial score (nSPS) is 28.7. The molecule has 0 unspecified atom stereocenters. The molecule has 4 atom stereocenters. The molecule has 4 aliphatic rings. The van der Waals surface area contributed by atoms with Crippen LogP contribution in [0.5, 0.6) is 11.8 Å². The second kappa shape index (κ2) is 8.70. The summed E-state index contributed by atoms with van der Waals surface area (Å²) in [6, 6.07) is 8.56. The van der Waals surface area contributed by atoms with Crippen molar-refractivity contribution >= 4 is 27.4 Å². The van der Waals surface area contributed by atoms with Crippen LogP contribution in [0.25, 0.3) is 10.1 Å². The molecule has 3 aliphatic carbocycles. The molecule has 0 radical (unpaired) electrons. The molecule has 1 saturated heterocycles. The highest BCUT2D eigenvalue weighted by molar-refractivity contribution is 7.13. The molecule has 186 valence electrons. The summed E-state index contributed by atoms with van der Waals surface area (Å²) in [6.45, 7) is 6.10. The van der Waals surface area contributed by atoms with E-state index < -0.39 is 0 Å². The highest BCUT2D eigenvalue weighted by Crippen LogP contribution is 2.60. The molecular weight excluding hydrogens is 456 g/mol. The van der Waals surface area contributed by atoms with Gasteiger partial charge in [-0.3, -0.25) is 9.47 Å². The van der Waals surface area contributed by atoms with E-state index in [4.69, 9.17) is 4.37 Å². The maximum Gasteiger partial charge on any atom is 0.197 e. The van der Waals surface area contributed by atoms with Crippen molar-refractivity contribution in [3.05, 3.63) is 35.4 Å². The van der Waals surface area contributed by atoms with Crippen LogP contribution in [0.2, 0.25) is 0 Å². The number of fused-ring (bicyclic) bond motifs is 6. The third-order valence-electron chi connectivity index (χ3n) is 9.54. The van der Waals surface area contributed by atoms with Crippen LogP contribution in [0.15, 0.2) is 24.3 Å². The van der Waals surface area contributed by atoms with Crippen LogP contribution in [-0.2, 0) is 6.54 Å². The Balaban J connectivity index is 1.02. The Morgan fingerprint density at radius 1 is 0.829 bits per heavy atom. The monoisotopic (exact) mass is 492 g/mol. The molecule has 3 heterocycles. The summed E-state index contributed by atoms with van der Waals surface area (Å²) < 4.78 is 7.92. The molecule has 0 amide bonds. The minimum atomic E-state index is 0.373. The average molecular weight is 493 g/mol. The van der Waals surface area contributed by atoms with E-state index >= 15 is 0 Å². The fraction of sp³-hybridized carbons (Fsp3) is 0.607. The average Bonchev–Trinajstić information content (AvgIpc) is 3.66. The first-order chi connectivity index (χ1) is 17.2. The van der Waals surface area contributed by atoms with Crippen molar-refractivity contribution in [2.24, 2.45) is 11.8 Å². The molecule has 1 aromatic carbocycles. The molecule has 2 N–H and O–H groups in total. The molecule has 7 heteroatoms. The Bertz CT molecular complexity index is 1190. The molecular formula is C28H36N4O2S. The van der Waals surface area contributed by atoms with Gasteiger partial charge in [-0.05, 0) is 79.4 Å². The van der Waals surface area contributed by atoms with Gasteiger partial charge in [0, 0.05) is 55.8 Å². The van der Waals surface area contributed by atoms with Crippen LogP contribution < -0.4 is 4.90 Å². The van der Waals surface area contributed by atoms with Gasteiger partial charge >= 0.3 is 0 Å². The summed E-state index contributed by atoms with van der Waals surface area (Å²) >= 11 is 1.60. The molecule has 3 fully saturated rings. The minimum Gasteiger partial charge on any atom is -0.494 e. The van der Waals surface area contributed by atoms with Crippen molar-refractivity contribution in [2.75, 3.05) is 37.6 Å². The topological polar surface area (TPSA) is 64.8 Å². The van der Waals surface area contributed by atoms with Gasteiger partial charge in [-0.2, -0.15) is 4.37 Å². The van der Waals surface area contributed by atoms with Crippen LogP contribution in [0.3, 0.4) is 0 Å². The predicted octanol–water partition coefficient (Wildman–Crippen LogP) is 5.50. The summed E-state index contributed by atoms with van der Waals surface area (Å²) in [5.41, 5.74) is 2.16. The van der Waals surface area contributed by atoms with Crippen LogP contribution in [0.4, 0.5) is 5.82 Å². The number of hydrogen-bond acceptors (Lipinski definition) is 6. The van der Waals surface area contributed by atoms with Crippen molar-refractivity contribution in [3.63, 3.8) is 0 Å². The molecule has 7 rings (SSSR count). The smallest absolute Gasteiger partial charge is 0.197 e. The van der Waals surface area contributed by atoms with Crippen molar-refractivity contribution in [1.82, 2.24) is 13.8 Å². The summed E-state index contributed by atoms with van der Waals surface area (Å²) in [5.74, 6) is 3.98. The lowest BCUT2D eigenvalue weighted by molar-refractivity contribution is 0.130. The Labute approximate surface area is 211 Å². The lowest BCUT2D eigenvalue weighted by Crippen LogP contribution is -2.49.